The van der Waals surface area contributed by atoms with Gasteiger partial charge in [0, 0.05) is 17.3 Å². The fourth-order valence-electron chi connectivity index (χ4n) is 2.08. The van der Waals surface area contributed by atoms with Gasteiger partial charge in [-0.1, -0.05) is 18.5 Å². The van der Waals surface area contributed by atoms with E-state index in [2.05, 4.69) is 0 Å². The molecule has 0 aliphatic carbocycles. The number of halogens is 1. The van der Waals surface area contributed by atoms with Gasteiger partial charge >= 0.3 is 0 Å². The van der Waals surface area contributed by atoms with Gasteiger partial charge in [0.2, 0.25) is 0 Å². The third-order valence-corrected chi connectivity index (χ3v) is 5.24. The molecule has 1 aromatic carbocycles. The number of hydrogen-bond acceptors (Lipinski definition) is 4. The Morgan fingerprint density at radius 1 is 1.25 bits per heavy atom. The van der Waals surface area contributed by atoms with Crippen molar-refractivity contribution < 1.29 is 18.0 Å². The average molecular weight is 316 g/mol. The Kier molecular flexibility index (Phi) is 4.15. The van der Waals surface area contributed by atoms with Crippen molar-refractivity contribution in [2.75, 3.05) is 23.0 Å². The smallest absolute Gasteiger partial charge is 0.299 e. The highest BCUT2D eigenvalue weighted by Gasteiger charge is 2.35. The van der Waals surface area contributed by atoms with E-state index in [1.54, 1.807) is 19.1 Å². The van der Waals surface area contributed by atoms with Gasteiger partial charge in [0.15, 0.2) is 0 Å². The van der Waals surface area contributed by atoms with Crippen LogP contribution in [-0.2, 0) is 14.6 Å². The van der Waals surface area contributed by atoms with Crippen molar-refractivity contribution >= 4 is 38.8 Å². The zero-order valence-corrected chi connectivity index (χ0v) is 12.5. The van der Waals surface area contributed by atoms with Crippen LogP contribution in [0.15, 0.2) is 18.2 Å². The summed E-state index contributed by atoms with van der Waals surface area (Å²) in [6.07, 6.45) is 0.293. The Morgan fingerprint density at radius 2 is 1.95 bits per heavy atom. The lowest BCUT2D eigenvalue weighted by molar-refractivity contribution is -0.114. The van der Waals surface area contributed by atoms with Crippen molar-refractivity contribution in [2.45, 2.75) is 13.3 Å². The van der Waals surface area contributed by atoms with E-state index in [1.807, 2.05) is 0 Å². The second-order valence-corrected chi connectivity index (χ2v) is 7.45. The summed E-state index contributed by atoms with van der Waals surface area (Å²) in [5.74, 6) is -1.13. The second-order valence-electron chi connectivity index (χ2n) is 4.54. The van der Waals surface area contributed by atoms with E-state index in [0.717, 1.165) is 0 Å². The van der Waals surface area contributed by atoms with Gasteiger partial charge in [0.05, 0.1) is 17.0 Å². The maximum atomic E-state index is 11.9. The summed E-state index contributed by atoms with van der Waals surface area (Å²) in [7, 11) is -3.08. The molecule has 0 unspecified atom stereocenters. The molecule has 20 heavy (non-hydrogen) atoms. The van der Waals surface area contributed by atoms with Crippen molar-refractivity contribution in [1.29, 1.82) is 0 Å². The Bertz CT molecular complexity index is 669. The maximum Gasteiger partial charge on any atom is 0.299 e. The molecule has 7 heteroatoms. The number of ketones is 1. The number of rotatable bonds is 5. The van der Waals surface area contributed by atoms with Crippen molar-refractivity contribution in [1.82, 2.24) is 0 Å². The molecule has 1 heterocycles. The van der Waals surface area contributed by atoms with Gasteiger partial charge in [0.1, 0.15) is 9.84 Å². The number of fused-ring (bicyclic) bond motifs is 1. The Hall–Kier alpha value is -1.40. The Labute approximate surface area is 122 Å². The van der Waals surface area contributed by atoms with Crippen LogP contribution in [0.4, 0.5) is 5.69 Å². The SMILES string of the molecule is CCS(=O)(=O)CCCN1C(=O)C(=O)c2ccc(Cl)cc21. The van der Waals surface area contributed by atoms with Crippen molar-refractivity contribution in [3.05, 3.63) is 28.8 Å². The number of nitrogens with zero attached hydrogens (tertiary/aromatic N) is 1. The van der Waals surface area contributed by atoms with Crippen LogP contribution < -0.4 is 4.90 Å². The first-order valence-corrected chi connectivity index (χ1v) is 8.42. The number of carbonyl (C=O) groups excluding carboxylic acids is 2. The fourth-order valence-corrected chi connectivity index (χ4v) is 3.10. The van der Waals surface area contributed by atoms with Crippen molar-refractivity contribution in [2.24, 2.45) is 0 Å². The summed E-state index contributed by atoms with van der Waals surface area (Å²) in [5.41, 5.74) is 0.777. The molecule has 0 radical (unpaired) electrons. The summed E-state index contributed by atoms with van der Waals surface area (Å²) in [6, 6.07) is 4.62. The third kappa shape index (κ3) is 2.86. The van der Waals surface area contributed by atoms with Crippen molar-refractivity contribution in [3.8, 4) is 0 Å². The van der Waals surface area contributed by atoms with E-state index in [4.69, 9.17) is 11.6 Å². The van der Waals surface area contributed by atoms with E-state index in [0.29, 0.717) is 22.7 Å². The van der Waals surface area contributed by atoms with Crippen LogP contribution in [0.1, 0.15) is 23.7 Å². The van der Waals surface area contributed by atoms with Crippen LogP contribution in [0.25, 0.3) is 0 Å². The van der Waals surface area contributed by atoms with Gasteiger partial charge in [-0.05, 0) is 24.6 Å². The molecule has 1 aromatic rings. The van der Waals surface area contributed by atoms with Crippen LogP contribution >= 0.6 is 11.6 Å². The summed E-state index contributed by atoms with van der Waals surface area (Å²) in [5, 5.41) is 0.428. The van der Waals surface area contributed by atoms with Gasteiger partial charge < -0.3 is 4.90 Å². The predicted molar refractivity (Wildman–Crippen MR) is 77.1 cm³/mol. The standard InChI is InChI=1S/C13H14ClNO4S/c1-2-20(18,19)7-3-6-15-11-8-9(14)4-5-10(11)12(16)13(15)17/h4-5,8H,2-3,6-7H2,1H3. The molecule has 1 aliphatic heterocycles. The highest BCUT2D eigenvalue weighted by molar-refractivity contribution is 7.91. The van der Waals surface area contributed by atoms with E-state index in [-0.39, 0.29) is 18.1 Å². The average Bonchev–Trinajstić information content (AvgIpc) is 2.63. The molecule has 0 fully saturated rings. The largest absolute Gasteiger partial charge is 0.305 e. The maximum absolute atomic E-state index is 11.9. The van der Waals surface area contributed by atoms with E-state index in [1.165, 1.54) is 11.0 Å². The predicted octanol–water partition coefficient (Wildman–Crippen LogP) is 1.69. The molecular weight excluding hydrogens is 302 g/mol. The zero-order valence-electron chi connectivity index (χ0n) is 10.9. The van der Waals surface area contributed by atoms with E-state index >= 15 is 0 Å². The molecule has 0 spiro atoms. The quantitative estimate of drug-likeness (QED) is 0.775. The first-order chi connectivity index (χ1) is 9.35. The Morgan fingerprint density at radius 3 is 2.60 bits per heavy atom. The lowest BCUT2D eigenvalue weighted by atomic mass is 10.1. The lowest BCUT2D eigenvalue weighted by Crippen LogP contribution is -2.31. The fraction of sp³-hybridized carbons (Fsp3) is 0.385. The van der Waals surface area contributed by atoms with Crippen LogP contribution in [0.3, 0.4) is 0 Å². The number of amides is 1. The Balaban J connectivity index is 2.16. The minimum atomic E-state index is -3.08. The normalized spacial score (nSPS) is 14.8. The number of sulfone groups is 1. The number of anilines is 1. The topological polar surface area (TPSA) is 71.5 Å². The van der Waals surface area contributed by atoms with Gasteiger partial charge in [-0.25, -0.2) is 8.42 Å². The van der Waals surface area contributed by atoms with Gasteiger partial charge in [-0.3, -0.25) is 9.59 Å². The number of benzene rings is 1. The van der Waals surface area contributed by atoms with Gasteiger partial charge in [0.25, 0.3) is 11.7 Å². The number of carbonyl (C=O) groups is 2. The molecule has 0 bridgehead atoms. The summed E-state index contributed by atoms with van der Waals surface area (Å²) >= 11 is 5.87. The molecule has 1 amide bonds. The molecule has 0 atom stereocenters. The second kappa shape index (κ2) is 5.54. The third-order valence-electron chi connectivity index (χ3n) is 3.21. The summed E-state index contributed by atoms with van der Waals surface area (Å²) in [6.45, 7) is 1.77. The molecule has 5 nitrogen and oxygen atoms in total. The van der Waals surface area contributed by atoms with Gasteiger partial charge in [-0.2, -0.15) is 0 Å². The minimum absolute atomic E-state index is 0.00261. The highest BCUT2D eigenvalue weighted by Crippen LogP contribution is 2.31. The highest BCUT2D eigenvalue weighted by atomic mass is 35.5. The molecule has 2 rings (SSSR count). The minimum Gasteiger partial charge on any atom is -0.305 e. The molecule has 1 aliphatic rings. The molecule has 108 valence electrons. The van der Waals surface area contributed by atoms with Crippen LogP contribution in [0.2, 0.25) is 5.02 Å². The first-order valence-electron chi connectivity index (χ1n) is 6.22. The molecular formula is C13H14ClNO4S. The summed E-state index contributed by atoms with van der Waals surface area (Å²) in [4.78, 5) is 25.0. The van der Waals surface area contributed by atoms with E-state index in [9.17, 15) is 18.0 Å². The molecule has 0 aromatic heterocycles. The van der Waals surface area contributed by atoms with E-state index < -0.39 is 21.5 Å². The van der Waals surface area contributed by atoms with Crippen molar-refractivity contribution in [3.63, 3.8) is 0 Å². The van der Waals surface area contributed by atoms with Gasteiger partial charge in [-0.15, -0.1) is 0 Å². The van der Waals surface area contributed by atoms with Crippen LogP contribution in [-0.4, -0.2) is 38.2 Å². The molecule has 0 saturated carbocycles. The number of hydrogen-bond donors (Lipinski definition) is 0. The lowest BCUT2D eigenvalue weighted by Gasteiger charge is -2.16. The van der Waals surface area contributed by atoms with Crippen LogP contribution in [0.5, 0.6) is 0 Å². The molecule has 0 N–H and O–H groups in total. The summed E-state index contributed by atoms with van der Waals surface area (Å²) < 4.78 is 22.9. The zero-order chi connectivity index (χ0) is 14.9. The molecule has 0 saturated heterocycles. The van der Waals surface area contributed by atoms with Crippen LogP contribution in [0, 0.1) is 0 Å². The number of Topliss-reactive ketones (excluding diaryl/α,β-unsaturated/α-hetero) is 1. The first kappa shape index (κ1) is 15.0. The monoisotopic (exact) mass is 315 g/mol.